The number of hydrogen-bond acceptors (Lipinski definition) is 4. The van der Waals surface area contributed by atoms with Gasteiger partial charge >= 0.3 is 0 Å². The second-order valence-electron chi connectivity index (χ2n) is 5.60. The molecule has 1 fully saturated rings. The van der Waals surface area contributed by atoms with E-state index in [0.29, 0.717) is 6.04 Å². The minimum atomic E-state index is 0.600. The zero-order chi connectivity index (χ0) is 13.7. The highest BCUT2D eigenvalue weighted by Gasteiger charge is 2.22. The van der Waals surface area contributed by atoms with Crippen molar-refractivity contribution in [2.24, 2.45) is 13.0 Å². The molecule has 0 bridgehead atoms. The third kappa shape index (κ3) is 4.28. The molecule has 19 heavy (non-hydrogen) atoms. The van der Waals surface area contributed by atoms with E-state index in [9.17, 15) is 0 Å². The molecule has 0 aromatic carbocycles. The van der Waals surface area contributed by atoms with Crippen molar-refractivity contribution in [3.8, 4) is 0 Å². The Kier molecular flexibility index (Phi) is 5.34. The number of likely N-dealkylation sites (tertiary alicyclic amines) is 1. The minimum absolute atomic E-state index is 0.600. The molecule has 2 rings (SSSR count). The van der Waals surface area contributed by atoms with Gasteiger partial charge in [0.25, 0.3) is 0 Å². The Morgan fingerprint density at radius 3 is 2.74 bits per heavy atom. The molecule has 108 valence electrons. The lowest BCUT2D eigenvalue weighted by Gasteiger charge is -2.34. The van der Waals surface area contributed by atoms with Crippen LogP contribution in [0.25, 0.3) is 0 Å². The molecule has 1 N–H and O–H groups in total. The molecule has 0 aliphatic carbocycles. The van der Waals surface area contributed by atoms with E-state index in [1.54, 1.807) is 11.0 Å². The van der Waals surface area contributed by atoms with Crippen molar-refractivity contribution in [2.45, 2.75) is 39.2 Å². The van der Waals surface area contributed by atoms with Crippen molar-refractivity contribution in [1.29, 1.82) is 0 Å². The summed E-state index contributed by atoms with van der Waals surface area (Å²) >= 11 is 0. The fourth-order valence-electron chi connectivity index (χ4n) is 2.85. The molecule has 0 spiro atoms. The first-order valence-electron chi connectivity index (χ1n) is 7.49. The Balaban J connectivity index is 1.65. The molecule has 0 amide bonds. The molecule has 1 aromatic rings. The van der Waals surface area contributed by atoms with E-state index < -0.39 is 0 Å². The lowest BCUT2D eigenvalue weighted by Crippen LogP contribution is -2.42. The summed E-state index contributed by atoms with van der Waals surface area (Å²) in [5, 5.41) is 7.94. The predicted molar refractivity (Wildman–Crippen MR) is 77.0 cm³/mol. The van der Waals surface area contributed by atoms with Crippen LogP contribution in [-0.2, 0) is 13.5 Å². The number of nitrogens with one attached hydrogen (secondary N) is 1. The largest absolute Gasteiger partial charge is 0.314 e. The van der Waals surface area contributed by atoms with Gasteiger partial charge in [0.05, 0.1) is 0 Å². The van der Waals surface area contributed by atoms with Crippen LogP contribution in [0.2, 0.25) is 0 Å². The first kappa shape index (κ1) is 14.5. The SMILES string of the molecule is CCN1CCC(C(C)NCCc2ncn(C)n2)CC1. The van der Waals surface area contributed by atoms with Crippen LogP contribution in [0, 0.1) is 5.92 Å². The number of aromatic nitrogens is 3. The maximum atomic E-state index is 4.30. The lowest BCUT2D eigenvalue weighted by molar-refractivity contribution is 0.169. The Morgan fingerprint density at radius 2 is 2.16 bits per heavy atom. The Bertz CT molecular complexity index is 368. The molecular formula is C14H27N5. The molecule has 2 heterocycles. The van der Waals surface area contributed by atoms with E-state index in [-0.39, 0.29) is 0 Å². The van der Waals surface area contributed by atoms with Gasteiger partial charge < -0.3 is 10.2 Å². The van der Waals surface area contributed by atoms with Gasteiger partial charge in [-0.3, -0.25) is 4.68 Å². The fraction of sp³-hybridized carbons (Fsp3) is 0.857. The molecule has 0 radical (unpaired) electrons. The maximum absolute atomic E-state index is 4.30. The molecule has 1 atom stereocenters. The van der Waals surface area contributed by atoms with Crippen molar-refractivity contribution >= 4 is 0 Å². The molecule has 1 aliphatic heterocycles. The standard InChI is InChI=1S/C14H27N5/c1-4-19-9-6-13(7-10-19)12(2)15-8-5-14-16-11-18(3)17-14/h11-13,15H,4-10H2,1-3H3. The lowest BCUT2D eigenvalue weighted by atomic mass is 9.90. The number of piperidine rings is 1. The van der Waals surface area contributed by atoms with Crippen LogP contribution in [0.5, 0.6) is 0 Å². The second-order valence-corrected chi connectivity index (χ2v) is 5.60. The van der Waals surface area contributed by atoms with Gasteiger partial charge in [0.2, 0.25) is 0 Å². The molecule has 1 unspecified atom stereocenters. The van der Waals surface area contributed by atoms with Gasteiger partial charge in [-0.2, -0.15) is 5.10 Å². The summed E-state index contributed by atoms with van der Waals surface area (Å²) < 4.78 is 1.76. The molecular weight excluding hydrogens is 238 g/mol. The molecule has 1 saturated heterocycles. The highest BCUT2D eigenvalue weighted by molar-refractivity contribution is 4.84. The van der Waals surface area contributed by atoms with Crippen LogP contribution in [0.4, 0.5) is 0 Å². The average Bonchev–Trinajstić information content (AvgIpc) is 2.84. The molecule has 1 aromatic heterocycles. The first-order valence-corrected chi connectivity index (χ1v) is 7.49. The van der Waals surface area contributed by atoms with Gasteiger partial charge in [0.15, 0.2) is 5.82 Å². The van der Waals surface area contributed by atoms with Gasteiger partial charge in [-0.1, -0.05) is 6.92 Å². The van der Waals surface area contributed by atoms with E-state index >= 15 is 0 Å². The van der Waals surface area contributed by atoms with Crippen LogP contribution < -0.4 is 5.32 Å². The first-order chi connectivity index (χ1) is 9.19. The Labute approximate surface area is 116 Å². The van der Waals surface area contributed by atoms with Crippen LogP contribution in [0.3, 0.4) is 0 Å². The minimum Gasteiger partial charge on any atom is -0.314 e. The summed E-state index contributed by atoms with van der Waals surface area (Å²) in [5.74, 6) is 1.75. The normalized spacial score (nSPS) is 19.7. The van der Waals surface area contributed by atoms with E-state index in [1.165, 1.54) is 32.5 Å². The third-order valence-electron chi connectivity index (χ3n) is 4.25. The van der Waals surface area contributed by atoms with Crippen LogP contribution in [-0.4, -0.2) is 51.9 Å². The maximum Gasteiger partial charge on any atom is 0.151 e. The van der Waals surface area contributed by atoms with E-state index in [1.807, 2.05) is 7.05 Å². The monoisotopic (exact) mass is 265 g/mol. The Hall–Kier alpha value is -0.940. The third-order valence-corrected chi connectivity index (χ3v) is 4.25. The summed E-state index contributed by atoms with van der Waals surface area (Å²) in [6.07, 6.45) is 5.33. The van der Waals surface area contributed by atoms with Crippen LogP contribution >= 0.6 is 0 Å². The number of rotatable bonds is 6. The van der Waals surface area contributed by atoms with Gasteiger partial charge in [-0.05, 0) is 45.3 Å². The van der Waals surface area contributed by atoms with Crippen LogP contribution in [0.15, 0.2) is 6.33 Å². The van der Waals surface area contributed by atoms with Gasteiger partial charge in [-0.25, -0.2) is 4.98 Å². The highest BCUT2D eigenvalue weighted by Crippen LogP contribution is 2.20. The van der Waals surface area contributed by atoms with E-state index in [4.69, 9.17) is 0 Å². The van der Waals surface area contributed by atoms with E-state index in [2.05, 4.69) is 34.1 Å². The Morgan fingerprint density at radius 1 is 1.42 bits per heavy atom. The van der Waals surface area contributed by atoms with Crippen molar-refractivity contribution in [3.63, 3.8) is 0 Å². The summed E-state index contributed by atoms with van der Waals surface area (Å²) in [6, 6.07) is 0.600. The summed E-state index contributed by atoms with van der Waals surface area (Å²) in [6.45, 7) is 9.25. The van der Waals surface area contributed by atoms with Gasteiger partial charge in [0.1, 0.15) is 6.33 Å². The number of nitrogens with zero attached hydrogens (tertiary/aromatic N) is 4. The van der Waals surface area contributed by atoms with Crippen LogP contribution in [0.1, 0.15) is 32.5 Å². The van der Waals surface area contributed by atoms with Gasteiger partial charge in [-0.15, -0.1) is 0 Å². The molecule has 5 nitrogen and oxygen atoms in total. The van der Waals surface area contributed by atoms with Crippen molar-refractivity contribution in [1.82, 2.24) is 25.0 Å². The zero-order valence-corrected chi connectivity index (χ0v) is 12.5. The van der Waals surface area contributed by atoms with E-state index in [0.717, 1.165) is 24.7 Å². The number of aryl methyl sites for hydroxylation is 1. The summed E-state index contributed by atoms with van der Waals surface area (Å²) in [5.41, 5.74) is 0. The predicted octanol–water partition coefficient (Wildman–Crippen LogP) is 1.07. The zero-order valence-electron chi connectivity index (χ0n) is 12.5. The summed E-state index contributed by atoms with van der Waals surface area (Å²) in [4.78, 5) is 6.79. The topological polar surface area (TPSA) is 46.0 Å². The van der Waals surface area contributed by atoms with Crippen molar-refractivity contribution < 1.29 is 0 Å². The van der Waals surface area contributed by atoms with Crippen molar-refractivity contribution in [2.75, 3.05) is 26.2 Å². The van der Waals surface area contributed by atoms with Crippen molar-refractivity contribution in [3.05, 3.63) is 12.2 Å². The second kappa shape index (κ2) is 7.01. The summed E-state index contributed by atoms with van der Waals surface area (Å²) in [7, 11) is 1.91. The fourth-order valence-corrected chi connectivity index (χ4v) is 2.85. The molecule has 1 aliphatic rings. The smallest absolute Gasteiger partial charge is 0.151 e. The molecule has 0 saturated carbocycles. The highest BCUT2D eigenvalue weighted by atomic mass is 15.3. The average molecular weight is 265 g/mol. The number of hydrogen-bond donors (Lipinski definition) is 1. The van der Waals surface area contributed by atoms with Gasteiger partial charge in [0, 0.05) is 26.1 Å². The quantitative estimate of drug-likeness (QED) is 0.836. The molecule has 5 heteroatoms.